The summed E-state index contributed by atoms with van der Waals surface area (Å²) in [5, 5.41) is 2.70. The number of carbonyl (C=O) groups is 1. The van der Waals surface area contributed by atoms with Crippen molar-refractivity contribution in [2.75, 3.05) is 7.11 Å². The van der Waals surface area contributed by atoms with Gasteiger partial charge in [-0.05, 0) is 66.3 Å². The van der Waals surface area contributed by atoms with Gasteiger partial charge in [0.2, 0.25) is 0 Å². The smallest absolute Gasteiger partial charge is 0.312 e. The van der Waals surface area contributed by atoms with Crippen LogP contribution in [0.1, 0.15) is 29.7 Å². The van der Waals surface area contributed by atoms with Crippen LogP contribution in [-0.2, 0) is 24.2 Å². The van der Waals surface area contributed by atoms with E-state index in [1.165, 1.54) is 15.9 Å². The molecule has 2 aromatic heterocycles. The molecule has 0 fully saturated rings. The minimum atomic E-state index is -0.387. The van der Waals surface area contributed by atoms with Crippen molar-refractivity contribution in [3.63, 3.8) is 0 Å². The van der Waals surface area contributed by atoms with Crippen molar-refractivity contribution >= 4 is 38.3 Å². The maximum atomic E-state index is 13.0. The molecule has 5 rings (SSSR count). The van der Waals surface area contributed by atoms with Crippen LogP contribution in [0.4, 0.5) is 0 Å². The summed E-state index contributed by atoms with van der Waals surface area (Å²) in [6, 6.07) is 11.2. The van der Waals surface area contributed by atoms with Crippen LogP contribution in [0.2, 0.25) is 0 Å². The lowest BCUT2D eigenvalue weighted by Gasteiger charge is -2.10. The van der Waals surface area contributed by atoms with Crippen LogP contribution in [0.25, 0.3) is 21.0 Å². The number of hydrogen-bond donors (Lipinski definition) is 0. The summed E-state index contributed by atoms with van der Waals surface area (Å²) in [4.78, 5) is 32.0. The first kappa shape index (κ1) is 19.8. The molecule has 31 heavy (non-hydrogen) atoms. The van der Waals surface area contributed by atoms with Gasteiger partial charge < -0.3 is 9.47 Å². The van der Waals surface area contributed by atoms with Gasteiger partial charge in [-0.25, -0.2) is 4.98 Å². The van der Waals surface area contributed by atoms with Gasteiger partial charge in [-0.15, -0.1) is 11.3 Å². The quantitative estimate of drug-likeness (QED) is 0.342. The van der Waals surface area contributed by atoms with Crippen LogP contribution >= 0.6 is 11.3 Å². The summed E-state index contributed by atoms with van der Waals surface area (Å²) < 4.78 is 12.3. The minimum Gasteiger partial charge on any atom is -0.497 e. The van der Waals surface area contributed by atoms with Gasteiger partial charge in [0.15, 0.2) is 0 Å². The molecule has 2 heterocycles. The van der Waals surface area contributed by atoms with Gasteiger partial charge in [0.25, 0.3) is 5.56 Å². The van der Waals surface area contributed by atoms with Gasteiger partial charge in [0, 0.05) is 11.4 Å². The monoisotopic (exact) mass is 434 g/mol. The molecule has 0 atom stereocenters. The fourth-order valence-corrected chi connectivity index (χ4v) is 5.35. The topological polar surface area (TPSA) is 70.4 Å². The Kier molecular flexibility index (Phi) is 5.19. The van der Waals surface area contributed by atoms with Crippen LogP contribution < -0.4 is 15.0 Å². The third kappa shape index (κ3) is 3.81. The van der Waals surface area contributed by atoms with E-state index in [-0.39, 0.29) is 24.5 Å². The number of nitrogens with zero attached hydrogens (tertiary/aromatic N) is 2. The van der Waals surface area contributed by atoms with E-state index in [1.54, 1.807) is 30.8 Å². The largest absolute Gasteiger partial charge is 0.497 e. The third-order valence-corrected chi connectivity index (χ3v) is 6.95. The molecular weight excluding hydrogens is 412 g/mol. The Bertz CT molecular complexity index is 1360. The number of ether oxygens (including phenoxy) is 2. The van der Waals surface area contributed by atoms with E-state index in [0.717, 1.165) is 51.6 Å². The molecule has 0 saturated heterocycles. The summed E-state index contributed by atoms with van der Waals surface area (Å²) >= 11 is 1.63. The van der Waals surface area contributed by atoms with Crippen LogP contribution in [0, 0.1) is 0 Å². The van der Waals surface area contributed by atoms with E-state index in [0.29, 0.717) is 5.75 Å². The van der Waals surface area contributed by atoms with Gasteiger partial charge >= 0.3 is 5.97 Å². The fraction of sp³-hybridized carbons (Fsp3) is 0.292. The highest BCUT2D eigenvalue weighted by molar-refractivity contribution is 7.18. The average Bonchev–Trinajstić information content (AvgIpc) is 3.17. The number of fused-ring (bicyclic) bond motifs is 4. The molecule has 158 valence electrons. The Morgan fingerprint density at radius 3 is 2.71 bits per heavy atom. The molecule has 4 aromatic rings. The van der Waals surface area contributed by atoms with Crippen molar-refractivity contribution in [3.8, 4) is 11.5 Å². The summed E-state index contributed by atoms with van der Waals surface area (Å²) in [6.07, 6.45) is 5.88. The maximum absolute atomic E-state index is 13.0. The van der Waals surface area contributed by atoms with Gasteiger partial charge in [-0.3, -0.25) is 14.2 Å². The normalized spacial score (nSPS) is 13.3. The molecule has 7 heteroatoms. The first-order valence-corrected chi connectivity index (χ1v) is 11.2. The molecule has 0 saturated carbocycles. The Morgan fingerprint density at radius 2 is 1.87 bits per heavy atom. The average molecular weight is 435 g/mol. The van der Waals surface area contributed by atoms with Gasteiger partial charge in [-0.1, -0.05) is 12.1 Å². The number of aryl methyl sites for hydroxylation is 3. The number of benzene rings is 2. The van der Waals surface area contributed by atoms with Crippen LogP contribution in [0.15, 0.2) is 47.5 Å². The number of aromatic nitrogens is 2. The number of hydrogen-bond acceptors (Lipinski definition) is 6. The lowest BCUT2D eigenvalue weighted by atomic mass is 9.97. The Hall–Kier alpha value is -3.19. The fourth-order valence-electron chi connectivity index (χ4n) is 4.13. The third-order valence-electron chi connectivity index (χ3n) is 5.75. The standard InChI is InChI=1S/C24H22N2O4S/c1-29-17-8-6-15-7-9-18(13-16(15)12-17)30-21(27)10-11-26-14-25-23-22(24(26)28)19-4-2-3-5-20(19)31-23/h6-9,12-14H,2-5,10-11H2,1H3. The molecule has 1 aliphatic rings. The highest BCUT2D eigenvalue weighted by Gasteiger charge is 2.20. The van der Waals surface area contributed by atoms with E-state index in [4.69, 9.17) is 9.47 Å². The van der Waals surface area contributed by atoms with E-state index >= 15 is 0 Å². The van der Waals surface area contributed by atoms with Crippen LogP contribution in [-0.4, -0.2) is 22.6 Å². The molecule has 0 radical (unpaired) electrons. The molecule has 6 nitrogen and oxygen atoms in total. The van der Waals surface area contributed by atoms with Gasteiger partial charge in [-0.2, -0.15) is 0 Å². The van der Waals surface area contributed by atoms with E-state index in [1.807, 2.05) is 30.3 Å². The first-order valence-electron chi connectivity index (χ1n) is 10.4. The molecule has 2 aromatic carbocycles. The maximum Gasteiger partial charge on any atom is 0.312 e. The SMILES string of the molecule is COc1ccc2ccc(OC(=O)CCn3cnc4sc5c(c4c3=O)CCCC5)cc2c1. The van der Waals surface area contributed by atoms with Crippen molar-refractivity contribution in [1.29, 1.82) is 0 Å². The van der Waals surface area contributed by atoms with Crippen molar-refractivity contribution < 1.29 is 14.3 Å². The molecular formula is C24H22N2O4S. The highest BCUT2D eigenvalue weighted by Crippen LogP contribution is 2.33. The number of esters is 1. The van der Waals surface area contributed by atoms with Gasteiger partial charge in [0.05, 0.1) is 25.2 Å². The number of carbonyl (C=O) groups excluding carboxylic acids is 1. The minimum absolute atomic E-state index is 0.0602. The molecule has 1 aliphatic carbocycles. The van der Waals surface area contributed by atoms with Crippen molar-refractivity contribution in [2.45, 2.75) is 38.6 Å². The zero-order valence-corrected chi connectivity index (χ0v) is 18.0. The van der Waals surface area contributed by atoms with E-state index < -0.39 is 0 Å². The number of methoxy groups -OCH3 is 1. The lowest BCUT2D eigenvalue weighted by molar-refractivity contribution is -0.134. The van der Waals surface area contributed by atoms with Crippen molar-refractivity contribution in [2.24, 2.45) is 0 Å². The van der Waals surface area contributed by atoms with Crippen LogP contribution in [0.3, 0.4) is 0 Å². The molecule has 0 bridgehead atoms. The second kappa shape index (κ2) is 8.15. The van der Waals surface area contributed by atoms with Crippen molar-refractivity contribution in [1.82, 2.24) is 9.55 Å². The molecule has 0 aliphatic heterocycles. The van der Waals surface area contributed by atoms with E-state index in [2.05, 4.69) is 4.98 Å². The number of rotatable bonds is 5. The summed E-state index contributed by atoms with van der Waals surface area (Å²) in [7, 11) is 1.62. The zero-order valence-electron chi connectivity index (χ0n) is 17.2. The number of thiophene rings is 1. The van der Waals surface area contributed by atoms with Crippen molar-refractivity contribution in [3.05, 3.63) is 63.5 Å². The summed E-state index contributed by atoms with van der Waals surface area (Å²) in [5.41, 5.74) is 1.10. The summed E-state index contributed by atoms with van der Waals surface area (Å²) in [6.45, 7) is 0.243. The Balaban J connectivity index is 1.31. The zero-order chi connectivity index (χ0) is 21.4. The molecule has 0 N–H and O–H groups in total. The summed E-state index contributed by atoms with van der Waals surface area (Å²) in [5.74, 6) is 0.828. The Labute approximate surface area is 183 Å². The van der Waals surface area contributed by atoms with E-state index in [9.17, 15) is 9.59 Å². The predicted octanol–water partition coefficient (Wildman–Crippen LogP) is 4.49. The van der Waals surface area contributed by atoms with Crippen LogP contribution in [0.5, 0.6) is 11.5 Å². The Morgan fingerprint density at radius 1 is 1.10 bits per heavy atom. The first-order chi connectivity index (χ1) is 15.1. The second-order valence-corrected chi connectivity index (χ2v) is 8.82. The van der Waals surface area contributed by atoms with Gasteiger partial charge in [0.1, 0.15) is 16.3 Å². The highest BCUT2D eigenvalue weighted by atomic mass is 32.1. The molecule has 0 amide bonds. The predicted molar refractivity (Wildman–Crippen MR) is 121 cm³/mol. The molecule has 0 spiro atoms. The second-order valence-electron chi connectivity index (χ2n) is 7.73. The molecule has 0 unspecified atom stereocenters. The lowest BCUT2D eigenvalue weighted by Crippen LogP contribution is -2.23.